The number of benzene rings is 2. The minimum absolute atomic E-state index is 0.00423. The van der Waals surface area contributed by atoms with Crippen LogP contribution < -0.4 is 4.90 Å². The standard InChI is InChI=1S/C26H23N3O6/c30-24(18-8-12-20(13-9-18)29(33)34)22-23(17-4-2-1-3-5-17)28(26(32)25(22)31)19-10-6-16(7-11-19)21-14-15-35-27-21/h6-15,17,23,30H,1-5H2. The van der Waals surface area contributed by atoms with Crippen LogP contribution in [0.3, 0.4) is 0 Å². The van der Waals surface area contributed by atoms with Gasteiger partial charge < -0.3 is 9.63 Å². The Morgan fingerprint density at radius 2 is 1.69 bits per heavy atom. The van der Waals surface area contributed by atoms with Gasteiger partial charge >= 0.3 is 0 Å². The number of non-ortho nitro benzene ring substituents is 1. The molecule has 35 heavy (non-hydrogen) atoms. The molecule has 3 aromatic rings. The third kappa shape index (κ3) is 4.09. The fourth-order valence-corrected chi connectivity index (χ4v) is 5.09. The molecule has 0 radical (unpaired) electrons. The molecule has 1 saturated carbocycles. The summed E-state index contributed by atoms with van der Waals surface area (Å²) in [6.07, 6.45) is 6.18. The highest BCUT2D eigenvalue weighted by Crippen LogP contribution is 2.41. The van der Waals surface area contributed by atoms with Crippen LogP contribution in [-0.4, -0.2) is 32.9 Å². The molecule has 9 nitrogen and oxygen atoms in total. The van der Waals surface area contributed by atoms with Crippen LogP contribution in [0, 0.1) is 16.0 Å². The number of hydrogen-bond acceptors (Lipinski definition) is 7. The third-order valence-electron chi connectivity index (χ3n) is 6.81. The van der Waals surface area contributed by atoms with Crippen molar-refractivity contribution in [3.8, 4) is 11.3 Å². The lowest BCUT2D eigenvalue weighted by Gasteiger charge is -2.34. The average Bonchev–Trinajstić information content (AvgIpc) is 3.52. The number of aliphatic hydroxyl groups is 1. The van der Waals surface area contributed by atoms with Crippen molar-refractivity contribution in [3.05, 3.63) is 82.1 Å². The van der Waals surface area contributed by atoms with Gasteiger partial charge in [0.05, 0.1) is 16.5 Å². The first-order chi connectivity index (χ1) is 17.0. The molecule has 178 valence electrons. The lowest BCUT2D eigenvalue weighted by atomic mass is 9.80. The fourth-order valence-electron chi connectivity index (χ4n) is 5.09. The Bertz CT molecular complexity index is 1290. The van der Waals surface area contributed by atoms with Gasteiger partial charge in [-0.05, 0) is 43.0 Å². The summed E-state index contributed by atoms with van der Waals surface area (Å²) in [6, 6.07) is 13.6. The smallest absolute Gasteiger partial charge is 0.299 e. The monoisotopic (exact) mass is 473 g/mol. The zero-order valence-corrected chi connectivity index (χ0v) is 18.8. The SMILES string of the molecule is O=C1C(=O)N(c2ccc(-c3ccon3)cc2)C(C2CCCCC2)C1=C(O)c1ccc([N+](=O)[O-])cc1. The van der Waals surface area contributed by atoms with Crippen LogP contribution in [0.25, 0.3) is 17.0 Å². The summed E-state index contributed by atoms with van der Waals surface area (Å²) in [4.78, 5) is 38.5. The Balaban J connectivity index is 1.58. The van der Waals surface area contributed by atoms with Gasteiger partial charge in [-0.15, -0.1) is 0 Å². The second-order valence-corrected chi connectivity index (χ2v) is 8.85. The normalized spacial score (nSPS) is 20.3. The Morgan fingerprint density at radius 3 is 2.29 bits per heavy atom. The van der Waals surface area contributed by atoms with Gasteiger partial charge in [0.2, 0.25) is 0 Å². The maximum absolute atomic E-state index is 13.3. The van der Waals surface area contributed by atoms with Crippen molar-refractivity contribution in [2.75, 3.05) is 4.90 Å². The first-order valence-electron chi connectivity index (χ1n) is 11.5. The van der Waals surface area contributed by atoms with Crippen LogP contribution in [0.4, 0.5) is 11.4 Å². The average molecular weight is 473 g/mol. The highest BCUT2D eigenvalue weighted by Gasteiger charge is 2.49. The summed E-state index contributed by atoms with van der Waals surface area (Å²) in [5.74, 6) is -1.75. The Hall–Kier alpha value is -4.27. The van der Waals surface area contributed by atoms with E-state index in [1.54, 1.807) is 30.3 Å². The molecule has 2 aliphatic rings. The van der Waals surface area contributed by atoms with Gasteiger partial charge in [-0.1, -0.05) is 36.6 Å². The van der Waals surface area contributed by atoms with E-state index < -0.39 is 22.7 Å². The number of hydrogen-bond donors (Lipinski definition) is 1. The molecule has 1 amide bonds. The van der Waals surface area contributed by atoms with E-state index in [2.05, 4.69) is 5.16 Å². The molecule has 0 spiro atoms. The predicted molar refractivity (Wildman–Crippen MR) is 127 cm³/mol. The van der Waals surface area contributed by atoms with Crippen molar-refractivity contribution in [2.24, 2.45) is 5.92 Å². The number of carbonyl (C=O) groups is 2. The molecule has 9 heteroatoms. The number of amides is 1. The van der Waals surface area contributed by atoms with E-state index in [0.29, 0.717) is 11.4 Å². The van der Waals surface area contributed by atoms with Crippen LogP contribution in [0.1, 0.15) is 37.7 Å². The molecule has 2 heterocycles. The summed E-state index contributed by atoms with van der Waals surface area (Å²) in [5, 5.41) is 26.1. The molecular formula is C26H23N3O6. The van der Waals surface area contributed by atoms with E-state index in [4.69, 9.17) is 4.52 Å². The summed E-state index contributed by atoms with van der Waals surface area (Å²) in [6.45, 7) is 0. The number of nitro benzene ring substituents is 1. The van der Waals surface area contributed by atoms with E-state index in [9.17, 15) is 24.8 Å². The second kappa shape index (κ2) is 9.17. The van der Waals surface area contributed by atoms with E-state index in [1.807, 2.05) is 0 Å². The van der Waals surface area contributed by atoms with Crippen LogP contribution >= 0.6 is 0 Å². The number of nitrogens with zero attached hydrogens (tertiary/aromatic N) is 3. The van der Waals surface area contributed by atoms with Gasteiger partial charge in [0, 0.05) is 35.0 Å². The lowest BCUT2D eigenvalue weighted by Crippen LogP contribution is -2.40. The molecule has 1 saturated heterocycles. The number of nitro groups is 1. The predicted octanol–water partition coefficient (Wildman–Crippen LogP) is 5.08. The maximum Gasteiger partial charge on any atom is 0.299 e. The molecule has 1 N–H and O–H groups in total. The topological polar surface area (TPSA) is 127 Å². The molecule has 2 aromatic carbocycles. The van der Waals surface area contributed by atoms with E-state index in [1.165, 1.54) is 35.4 Å². The van der Waals surface area contributed by atoms with Gasteiger partial charge in [0.25, 0.3) is 17.4 Å². The maximum atomic E-state index is 13.3. The Kier molecular flexibility index (Phi) is 5.90. The molecule has 1 aliphatic carbocycles. The van der Waals surface area contributed by atoms with Crippen molar-refractivity contribution in [2.45, 2.75) is 38.1 Å². The molecule has 1 unspecified atom stereocenters. The van der Waals surface area contributed by atoms with Crippen LogP contribution in [0.5, 0.6) is 0 Å². The zero-order chi connectivity index (χ0) is 24.5. The number of aliphatic hydroxyl groups excluding tert-OH is 1. The van der Waals surface area contributed by atoms with Crippen LogP contribution in [-0.2, 0) is 9.59 Å². The highest BCUT2D eigenvalue weighted by atomic mass is 16.6. The zero-order valence-electron chi connectivity index (χ0n) is 18.8. The minimum Gasteiger partial charge on any atom is -0.507 e. The Morgan fingerprint density at radius 1 is 1.00 bits per heavy atom. The van der Waals surface area contributed by atoms with Crippen molar-refractivity contribution in [1.82, 2.24) is 5.16 Å². The molecule has 2 fully saturated rings. The summed E-state index contributed by atoms with van der Waals surface area (Å²) in [5.41, 5.74) is 2.20. The van der Waals surface area contributed by atoms with Crippen LogP contribution in [0.2, 0.25) is 0 Å². The molecule has 1 aliphatic heterocycles. The summed E-state index contributed by atoms with van der Waals surface area (Å²) < 4.78 is 4.90. The molecule has 5 rings (SSSR count). The largest absolute Gasteiger partial charge is 0.507 e. The van der Waals surface area contributed by atoms with Crippen molar-refractivity contribution < 1.29 is 24.1 Å². The number of aromatic nitrogens is 1. The molecular weight excluding hydrogens is 450 g/mol. The van der Waals surface area contributed by atoms with E-state index in [-0.39, 0.29) is 28.5 Å². The second-order valence-electron chi connectivity index (χ2n) is 8.85. The van der Waals surface area contributed by atoms with Crippen molar-refractivity contribution in [1.29, 1.82) is 0 Å². The number of Topliss-reactive ketones (excluding diaryl/α,β-unsaturated/α-hetero) is 1. The highest BCUT2D eigenvalue weighted by molar-refractivity contribution is 6.51. The van der Waals surface area contributed by atoms with Gasteiger partial charge in [0.1, 0.15) is 17.7 Å². The van der Waals surface area contributed by atoms with Gasteiger partial charge in [-0.3, -0.25) is 24.6 Å². The number of carbonyl (C=O) groups excluding carboxylic acids is 2. The fraction of sp³-hybridized carbons (Fsp3) is 0.269. The van der Waals surface area contributed by atoms with E-state index >= 15 is 0 Å². The van der Waals surface area contributed by atoms with Gasteiger partial charge in [-0.25, -0.2) is 0 Å². The lowest BCUT2D eigenvalue weighted by molar-refractivity contribution is -0.384. The number of ketones is 1. The Labute approximate surface area is 200 Å². The number of anilines is 1. The van der Waals surface area contributed by atoms with Gasteiger partial charge in [-0.2, -0.15) is 0 Å². The first kappa shape index (κ1) is 22.5. The van der Waals surface area contributed by atoms with Crippen molar-refractivity contribution in [3.63, 3.8) is 0 Å². The number of rotatable bonds is 5. The molecule has 1 atom stereocenters. The minimum atomic E-state index is -0.753. The van der Waals surface area contributed by atoms with Crippen molar-refractivity contribution >= 4 is 28.8 Å². The van der Waals surface area contributed by atoms with Crippen LogP contribution in [0.15, 0.2) is 71.0 Å². The third-order valence-corrected chi connectivity index (χ3v) is 6.81. The van der Waals surface area contributed by atoms with Gasteiger partial charge in [0.15, 0.2) is 0 Å². The summed E-state index contributed by atoms with van der Waals surface area (Å²) >= 11 is 0. The first-order valence-corrected chi connectivity index (χ1v) is 11.5. The molecule has 1 aromatic heterocycles. The van der Waals surface area contributed by atoms with E-state index in [0.717, 1.165) is 37.7 Å². The summed E-state index contributed by atoms with van der Waals surface area (Å²) in [7, 11) is 0. The molecule has 0 bridgehead atoms. The quantitative estimate of drug-likeness (QED) is 0.180.